The van der Waals surface area contributed by atoms with E-state index in [9.17, 15) is 0 Å². The van der Waals surface area contributed by atoms with Crippen molar-refractivity contribution in [3.63, 3.8) is 0 Å². The molecule has 1 atom stereocenters. The van der Waals surface area contributed by atoms with Gasteiger partial charge in [0.25, 0.3) is 0 Å². The molecule has 4 nitrogen and oxygen atoms in total. The number of nitrogens with two attached hydrogens (primary N) is 1. The number of methoxy groups -OCH3 is 2. The largest absolute Gasteiger partial charge is 0.496 e. The van der Waals surface area contributed by atoms with Crippen molar-refractivity contribution >= 4 is 15.9 Å². The van der Waals surface area contributed by atoms with Gasteiger partial charge in [0, 0.05) is 13.2 Å². The number of nitrogens with one attached hydrogen (secondary N) is 1. The van der Waals surface area contributed by atoms with Crippen LogP contribution in [0.15, 0.2) is 22.7 Å². The molecule has 0 radical (unpaired) electrons. The van der Waals surface area contributed by atoms with Crippen LogP contribution in [0.1, 0.15) is 31.2 Å². The smallest absolute Gasteiger partial charge is 0.133 e. The SMILES string of the molecule is COc1ccc(CC(CC2(OC)CCC2)NN)cc1Br. The van der Waals surface area contributed by atoms with Crippen LogP contribution in [0.5, 0.6) is 5.75 Å². The van der Waals surface area contributed by atoms with Gasteiger partial charge in [-0.2, -0.15) is 0 Å². The highest BCUT2D eigenvalue weighted by atomic mass is 79.9. The summed E-state index contributed by atoms with van der Waals surface area (Å²) in [4.78, 5) is 0. The number of rotatable bonds is 7. The van der Waals surface area contributed by atoms with Crippen LogP contribution in [0.4, 0.5) is 0 Å². The highest BCUT2D eigenvalue weighted by Crippen LogP contribution is 2.39. The number of hydrogen-bond donors (Lipinski definition) is 2. The van der Waals surface area contributed by atoms with Crippen LogP contribution in [-0.4, -0.2) is 25.9 Å². The van der Waals surface area contributed by atoms with E-state index in [2.05, 4.69) is 33.5 Å². The maximum atomic E-state index is 5.71. The second-order valence-corrected chi connectivity index (χ2v) is 6.34. The molecular formula is C15H23BrN2O2. The van der Waals surface area contributed by atoms with E-state index in [-0.39, 0.29) is 11.6 Å². The predicted molar refractivity (Wildman–Crippen MR) is 83.7 cm³/mol. The zero-order valence-electron chi connectivity index (χ0n) is 12.1. The third kappa shape index (κ3) is 3.52. The van der Waals surface area contributed by atoms with Crippen molar-refractivity contribution in [2.45, 2.75) is 43.7 Å². The highest BCUT2D eigenvalue weighted by molar-refractivity contribution is 9.10. The Labute approximate surface area is 129 Å². The molecule has 0 aromatic heterocycles. The van der Waals surface area contributed by atoms with Gasteiger partial charge in [-0.25, -0.2) is 0 Å². The van der Waals surface area contributed by atoms with Crippen molar-refractivity contribution in [2.24, 2.45) is 5.84 Å². The van der Waals surface area contributed by atoms with Crippen LogP contribution in [-0.2, 0) is 11.2 Å². The molecule has 112 valence electrons. The molecule has 1 saturated carbocycles. The molecule has 0 bridgehead atoms. The van der Waals surface area contributed by atoms with Gasteiger partial charge in [0.05, 0.1) is 17.2 Å². The Kier molecular flexibility index (Phi) is 5.43. The summed E-state index contributed by atoms with van der Waals surface area (Å²) in [6, 6.07) is 6.36. The van der Waals surface area contributed by atoms with Gasteiger partial charge < -0.3 is 9.47 Å². The number of hydrogen-bond acceptors (Lipinski definition) is 4. The first-order valence-corrected chi connectivity index (χ1v) is 7.75. The van der Waals surface area contributed by atoms with Crippen molar-refractivity contribution in [3.8, 4) is 5.75 Å². The third-order valence-electron chi connectivity index (χ3n) is 4.25. The second kappa shape index (κ2) is 6.89. The average Bonchev–Trinajstić information content (AvgIpc) is 2.41. The molecule has 1 aromatic carbocycles. The van der Waals surface area contributed by atoms with Crippen molar-refractivity contribution < 1.29 is 9.47 Å². The lowest BCUT2D eigenvalue weighted by Crippen LogP contribution is -2.48. The van der Waals surface area contributed by atoms with Gasteiger partial charge in [-0.05, 0) is 65.7 Å². The van der Waals surface area contributed by atoms with Crippen LogP contribution in [0, 0.1) is 0 Å². The summed E-state index contributed by atoms with van der Waals surface area (Å²) in [7, 11) is 3.47. The summed E-state index contributed by atoms with van der Waals surface area (Å²) in [5.74, 6) is 6.56. The topological polar surface area (TPSA) is 56.5 Å². The van der Waals surface area contributed by atoms with Crippen LogP contribution in [0.3, 0.4) is 0 Å². The highest BCUT2D eigenvalue weighted by Gasteiger charge is 2.38. The van der Waals surface area contributed by atoms with Gasteiger partial charge in [-0.3, -0.25) is 11.3 Å². The van der Waals surface area contributed by atoms with Crippen LogP contribution >= 0.6 is 15.9 Å². The normalized spacial score (nSPS) is 18.4. The Morgan fingerprint density at radius 1 is 1.40 bits per heavy atom. The van der Waals surface area contributed by atoms with Gasteiger partial charge in [0.15, 0.2) is 0 Å². The fourth-order valence-corrected chi connectivity index (χ4v) is 3.41. The molecule has 0 heterocycles. The fraction of sp³-hybridized carbons (Fsp3) is 0.600. The van der Waals surface area contributed by atoms with Crippen LogP contribution < -0.4 is 16.0 Å². The standard InChI is InChI=1S/C15H23BrN2O2/c1-19-14-5-4-11(9-13(14)16)8-12(18-17)10-15(20-2)6-3-7-15/h4-5,9,12,18H,3,6-8,10,17H2,1-2H3. The van der Waals surface area contributed by atoms with E-state index in [1.165, 1.54) is 12.0 Å². The molecule has 1 aromatic rings. The summed E-state index contributed by atoms with van der Waals surface area (Å²) in [5.41, 5.74) is 4.19. The molecule has 2 rings (SSSR count). The predicted octanol–water partition coefficient (Wildman–Crippen LogP) is 2.79. The first-order valence-electron chi connectivity index (χ1n) is 6.96. The van der Waals surface area contributed by atoms with Gasteiger partial charge in [0.1, 0.15) is 5.75 Å². The van der Waals surface area contributed by atoms with E-state index in [1.807, 2.05) is 6.07 Å². The summed E-state index contributed by atoms with van der Waals surface area (Å²) in [5, 5.41) is 0. The molecule has 0 saturated heterocycles. The molecule has 1 aliphatic carbocycles. The lowest BCUT2D eigenvalue weighted by molar-refractivity contribution is -0.0834. The van der Waals surface area contributed by atoms with Crippen molar-refractivity contribution in [1.29, 1.82) is 0 Å². The molecular weight excluding hydrogens is 320 g/mol. The number of halogens is 1. The second-order valence-electron chi connectivity index (χ2n) is 5.48. The van der Waals surface area contributed by atoms with E-state index in [0.29, 0.717) is 0 Å². The minimum Gasteiger partial charge on any atom is -0.496 e. The number of ether oxygens (including phenoxy) is 2. The van der Waals surface area contributed by atoms with Crippen LogP contribution in [0.2, 0.25) is 0 Å². The molecule has 1 fully saturated rings. The van der Waals surface area contributed by atoms with Crippen LogP contribution in [0.25, 0.3) is 0 Å². The molecule has 20 heavy (non-hydrogen) atoms. The zero-order valence-corrected chi connectivity index (χ0v) is 13.7. The zero-order chi connectivity index (χ0) is 14.6. The fourth-order valence-electron chi connectivity index (χ4n) is 2.82. The molecule has 0 amide bonds. The first kappa shape index (κ1) is 15.8. The Morgan fingerprint density at radius 2 is 2.15 bits per heavy atom. The molecule has 1 aliphatic rings. The summed E-state index contributed by atoms with van der Waals surface area (Å²) in [6.07, 6.45) is 5.34. The first-order chi connectivity index (χ1) is 9.62. The van der Waals surface area contributed by atoms with E-state index >= 15 is 0 Å². The van der Waals surface area contributed by atoms with Crippen molar-refractivity contribution in [3.05, 3.63) is 28.2 Å². The molecule has 1 unspecified atom stereocenters. The van der Waals surface area contributed by atoms with Gasteiger partial charge in [-0.15, -0.1) is 0 Å². The van der Waals surface area contributed by atoms with Gasteiger partial charge >= 0.3 is 0 Å². The third-order valence-corrected chi connectivity index (χ3v) is 4.87. The molecule has 3 N–H and O–H groups in total. The van der Waals surface area contributed by atoms with Crippen molar-refractivity contribution in [2.75, 3.05) is 14.2 Å². The van der Waals surface area contributed by atoms with E-state index < -0.39 is 0 Å². The molecule has 5 heteroatoms. The minimum absolute atomic E-state index is 0.0285. The van der Waals surface area contributed by atoms with Crippen molar-refractivity contribution in [1.82, 2.24) is 5.43 Å². The quantitative estimate of drug-likeness (QED) is 0.590. The lowest BCUT2D eigenvalue weighted by Gasteiger charge is -2.42. The number of hydrazine groups is 1. The van der Waals surface area contributed by atoms with Gasteiger partial charge in [0.2, 0.25) is 0 Å². The molecule has 0 spiro atoms. The Morgan fingerprint density at radius 3 is 2.60 bits per heavy atom. The lowest BCUT2D eigenvalue weighted by atomic mass is 9.75. The number of benzene rings is 1. The van der Waals surface area contributed by atoms with Gasteiger partial charge in [-0.1, -0.05) is 6.07 Å². The molecule has 0 aliphatic heterocycles. The Bertz CT molecular complexity index is 444. The van der Waals surface area contributed by atoms with E-state index in [1.54, 1.807) is 14.2 Å². The Hall–Kier alpha value is -0.620. The summed E-state index contributed by atoms with van der Waals surface area (Å²) in [6.45, 7) is 0. The van der Waals surface area contributed by atoms with E-state index in [4.69, 9.17) is 15.3 Å². The monoisotopic (exact) mass is 342 g/mol. The minimum atomic E-state index is 0.0285. The average molecular weight is 343 g/mol. The van der Waals surface area contributed by atoms with E-state index in [0.717, 1.165) is 35.9 Å². The summed E-state index contributed by atoms with van der Waals surface area (Å²) < 4.78 is 11.9. The maximum absolute atomic E-state index is 5.71. The maximum Gasteiger partial charge on any atom is 0.133 e. The Balaban J connectivity index is 2.00. The summed E-state index contributed by atoms with van der Waals surface area (Å²) >= 11 is 3.52.